The molecule has 0 aliphatic heterocycles. The topological polar surface area (TPSA) is 137 Å². The van der Waals surface area contributed by atoms with Crippen molar-refractivity contribution < 1.29 is 40.1 Å². The third kappa shape index (κ3) is 9.75. The van der Waals surface area contributed by atoms with Gasteiger partial charge in [-0.3, -0.25) is 13.8 Å². The summed E-state index contributed by atoms with van der Waals surface area (Å²) >= 11 is 15.5. The van der Waals surface area contributed by atoms with E-state index < -0.39 is 40.6 Å². The van der Waals surface area contributed by atoms with E-state index in [0.717, 1.165) is 17.1 Å². The Balaban J connectivity index is 0.000000236. The fourth-order valence-electron chi connectivity index (χ4n) is 4.66. The number of aromatic nitrogens is 6. The van der Waals surface area contributed by atoms with E-state index in [1.165, 1.54) is 36.9 Å². The highest BCUT2D eigenvalue weighted by atomic mass is 79.9. The van der Waals surface area contributed by atoms with Crippen molar-refractivity contribution in [2.24, 2.45) is 0 Å². The van der Waals surface area contributed by atoms with Crippen molar-refractivity contribution in [1.29, 1.82) is 0 Å². The normalized spacial score (nSPS) is 12.2. The maximum absolute atomic E-state index is 13.0. The molecule has 2 aromatic carbocycles. The molecule has 2 amide bonds. The molecule has 0 radical (unpaired) electrons. The van der Waals surface area contributed by atoms with Gasteiger partial charge in [0.25, 0.3) is 17.6 Å². The summed E-state index contributed by atoms with van der Waals surface area (Å²) in [4.78, 5) is 32.4. The van der Waals surface area contributed by atoms with E-state index in [1.807, 2.05) is 0 Å². The Morgan fingerprint density at radius 3 is 2.21 bits per heavy atom. The number of benzene rings is 2. The Kier molecular flexibility index (Phi) is 12.5. The molecule has 0 saturated carbocycles. The van der Waals surface area contributed by atoms with Gasteiger partial charge >= 0.3 is 12.4 Å². The molecule has 0 aliphatic rings. The lowest BCUT2D eigenvalue weighted by molar-refractivity contribution is -0.144. The van der Waals surface area contributed by atoms with Crippen LogP contribution in [0.25, 0.3) is 11.5 Å². The first-order valence-electron chi connectivity index (χ1n) is 14.5. The summed E-state index contributed by atoms with van der Waals surface area (Å²) in [5.74, 6) is -3.47. The van der Waals surface area contributed by atoms with Gasteiger partial charge in [-0.05, 0) is 83.7 Å². The first-order valence-corrected chi connectivity index (χ1v) is 17.3. The van der Waals surface area contributed by atoms with Crippen LogP contribution < -0.4 is 10.6 Å². The largest absolute Gasteiger partial charge is 0.453 e. The minimum absolute atomic E-state index is 0.0779. The first-order chi connectivity index (χ1) is 24.2. The number of alkyl halides is 6. The van der Waals surface area contributed by atoms with E-state index in [4.69, 9.17) is 23.2 Å². The lowest BCUT2D eigenvalue weighted by Crippen LogP contribution is -2.23. The van der Waals surface area contributed by atoms with E-state index in [9.17, 15) is 40.1 Å². The van der Waals surface area contributed by atoms with Gasteiger partial charge in [0.05, 0.1) is 32.8 Å². The van der Waals surface area contributed by atoms with Gasteiger partial charge in [-0.2, -0.15) is 31.4 Å². The van der Waals surface area contributed by atoms with Gasteiger partial charge in [0, 0.05) is 29.2 Å². The summed E-state index contributed by atoms with van der Waals surface area (Å²) in [5.41, 5.74) is 2.31. The fraction of sp³-hybridized carbons (Fsp3) is 0.226. The lowest BCUT2D eigenvalue weighted by atomic mass is 10.1. The van der Waals surface area contributed by atoms with E-state index in [-0.39, 0.29) is 27.7 Å². The highest BCUT2D eigenvalue weighted by molar-refractivity contribution is 9.10. The highest BCUT2D eigenvalue weighted by Crippen LogP contribution is 2.30. The van der Waals surface area contributed by atoms with Crippen molar-refractivity contribution in [2.45, 2.75) is 38.0 Å². The number of nitrogens with one attached hydrogen (secondary N) is 2. The Morgan fingerprint density at radius 2 is 1.62 bits per heavy atom. The summed E-state index contributed by atoms with van der Waals surface area (Å²) < 4.78 is 89.4. The zero-order valence-electron chi connectivity index (χ0n) is 27.1. The second kappa shape index (κ2) is 16.1. The van der Waals surface area contributed by atoms with Crippen molar-refractivity contribution in [2.75, 3.05) is 18.1 Å². The predicted molar refractivity (Wildman–Crippen MR) is 185 cm³/mol. The number of hydrogen-bond donors (Lipinski definition) is 2. The molecule has 5 aromatic rings. The molecular weight excluding hydrogens is 829 g/mol. The number of aryl methyl sites for hydroxylation is 3. The van der Waals surface area contributed by atoms with Crippen LogP contribution in [-0.4, -0.2) is 64.5 Å². The minimum atomic E-state index is -4.74. The van der Waals surface area contributed by atoms with Crippen molar-refractivity contribution >= 4 is 67.4 Å². The van der Waals surface area contributed by atoms with E-state index >= 15 is 0 Å². The molecule has 3 heterocycles. The Labute approximate surface area is 312 Å². The van der Waals surface area contributed by atoms with Crippen LogP contribution >= 0.6 is 39.1 Å². The predicted octanol–water partition coefficient (Wildman–Crippen LogP) is 7.83. The second-order valence-corrected chi connectivity index (χ2v) is 13.8. The average Bonchev–Trinajstić information content (AvgIpc) is 3.69. The van der Waals surface area contributed by atoms with Gasteiger partial charge in [0.15, 0.2) is 5.82 Å². The molecule has 0 fully saturated rings. The number of halogens is 9. The molecule has 1 unspecified atom stereocenters. The number of nitrogens with zero attached hydrogens (tertiary/aromatic N) is 6. The molecular formula is C31H25BrCl2F6N8O3S. The van der Waals surface area contributed by atoms with E-state index in [2.05, 4.69) is 46.7 Å². The molecule has 0 saturated heterocycles. The zero-order valence-corrected chi connectivity index (χ0v) is 31.0. The Morgan fingerprint density at radius 1 is 0.923 bits per heavy atom. The maximum atomic E-state index is 13.0. The van der Waals surface area contributed by atoms with Crippen molar-refractivity contribution in [3.05, 3.63) is 103 Å². The Bertz CT molecular complexity index is 2180. The van der Waals surface area contributed by atoms with Crippen molar-refractivity contribution in [3.63, 3.8) is 0 Å². The number of carbonyl (C=O) groups is 2. The molecule has 5 rings (SSSR count). The molecule has 52 heavy (non-hydrogen) atoms. The zero-order chi connectivity index (χ0) is 38.7. The lowest BCUT2D eigenvalue weighted by Gasteiger charge is -2.14. The van der Waals surface area contributed by atoms with Crippen LogP contribution in [0.3, 0.4) is 0 Å². The van der Waals surface area contributed by atoms with Crippen LogP contribution in [0.5, 0.6) is 0 Å². The third-order valence-electron chi connectivity index (χ3n) is 6.89. The van der Waals surface area contributed by atoms with Crippen LogP contribution in [0, 0.1) is 20.8 Å². The molecule has 1 atom stereocenters. The number of hydrogen-bond acceptors (Lipinski definition) is 7. The fourth-order valence-corrected chi connectivity index (χ4v) is 6.62. The van der Waals surface area contributed by atoms with Gasteiger partial charge < -0.3 is 10.6 Å². The molecule has 276 valence electrons. The molecule has 0 aliphatic carbocycles. The smallest absolute Gasteiger partial charge is 0.355 e. The first kappa shape index (κ1) is 40.4. The van der Waals surface area contributed by atoms with Gasteiger partial charge in [0.1, 0.15) is 22.4 Å². The van der Waals surface area contributed by atoms with Crippen LogP contribution in [0.1, 0.15) is 43.4 Å². The summed E-state index contributed by atoms with van der Waals surface area (Å²) in [7, 11) is -0.876. The average molecular weight is 854 g/mol. The van der Waals surface area contributed by atoms with Crippen molar-refractivity contribution in [3.8, 4) is 11.5 Å². The molecule has 0 bridgehead atoms. The monoisotopic (exact) mass is 852 g/mol. The molecule has 11 nitrogen and oxygen atoms in total. The van der Waals surface area contributed by atoms with E-state index in [0.29, 0.717) is 42.8 Å². The summed E-state index contributed by atoms with van der Waals surface area (Å²) in [6, 6.07) is 10.6. The number of anilines is 1. The molecule has 3 aromatic heterocycles. The van der Waals surface area contributed by atoms with Gasteiger partial charge in [-0.25, -0.2) is 19.3 Å². The molecule has 2 N–H and O–H groups in total. The third-order valence-corrected chi connectivity index (χ3v) is 9.31. The van der Waals surface area contributed by atoms with Crippen LogP contribution in [0.4, 0.5) is 32.0 Å². The van der Waals surface area contributed by atoms with Crippen LogP contribution in [-0.2, 0) is 17.0 Å². The quantitative estimate of drug-likeness (QED) is 0.159. The number of carbonyl (C=O) groups excluding carboxylic acids is 2. The molecule has 0 spiro atoms. The van der Waals surface area contributed by atoms with E-state index in [1.54, 1.807) is 38.2 Å². The molecule has 21 heteroatoms. The minimum Gasteiger partial charge on any atom is -0.355 e. The second-order valence-electron chi connectivity index (χ2n) is 10.8. The van der Waals surface area contributed by atoms with Gasteiger partial charge in [0.2, 0.25) is 0 Å². The standard InChI is InChI=1S/C18H14BrCl2N5O2.C13H11F6N3OS/c1-9-6-10(20)7-11(17(27)22-2)15(9)24-18(28)13-8-14(19)25-26(13)16-12(21)4-3-5-23-16;1-7-3-8(2)10(24(23)5-12(14,15)16)4-9(7)22-6-20-11(21-22)13(17,18)19/h3-8H,1-2H3,(H,22,27)(H,24,28);3-4,6H,5H2,1-2H3. The van der Waals surface area contributed by atoms with Crippen molar-refractivity contribution in [1.82, 2.24) is 34.8 Å². The number of rotatable bonds is 7. The van der Waals surface area contributed by atoms with Crippen LogP contribution in [0.15, 0.2) is 64.5 Å². The maximum Gasteiger partial charge on any atom is 0.453 e. The number of amides is 2. The summed E-state index contributed by atoms with van der Waals surface area (Å²) in [5, 5.41) is 13.5. The highest BCUT2D eigenvalue weighted by Gasteiger charge is 2.36. The summed E-state index contributed by atoms with van der Waals surface area (Å²) in [6.45, 7) is 4.77. The summed E-state index contributed by atoms with van der Waals surface area (Å²) in [6.07, 6.45) is -7.02. The SMILES string of the molecule is CNC(=O)c1cc(Cl)cc(C)c1NC(=O)c1cc(Br)nn1-c1ncccc1Cl.Cc1cc(C)c(S(=O)CC(F)(F)F)cc1-n1cnc(C(F)(F)F)n1. The van der Waals surface area contributed by atoms with Gasteiger partial charge in [-0.15, -0.1) is 5.10 Å². The van der Waals surface area contributed by atoms with Gasteiger partial charge in [-0.1, -0.05) is 29.3 Å². The Hall–Kier alpha value is -4.33. The number of pyridine rings is 1. The van der Waals surface area contributed by atoms with Crippen LogP contribution in [0.2, 0.25) is 10.0 Å².